The first-order valence-corrected chi connectivity index (χ1v) is 6.21. The Balaban J connectivity index is 1.94. The summed E-state index contributed by atoms with van der Waals surface area (Å²) >= 11 is 0. The average molecular weight is 210 g/mol. The Morgan fingerprint density at radius 2 is 2.57 bits per heavy atom. The third-order valence-electron chi connectivity index (χ3n) is 2.42. The number of pyridine rings is 1. The molecular weight excluding hydrogens is 196 g/mol. The van der Waals surface area contributed by atoms with Gasteiger partial charge in [0.25, 0.3) is 0 Å². The summed E-state index contributed by atoms with van der Waals surface area (Å²) < 4.78 is 11.9. The van der Waals surface area contributed by atoms with Gasteiger partial charge in [0.2, 0.25) is 0 Å². The van der Waals surface area contributed by atoms with Crippen molar-refractivity contribution in [1.29, 1.82) is 0 Å². The molecule has 0 radical (unpaired) electrons. The first-order chi connectivity index (χ1) is 6.86. The largest absolute Gasteiger partial charge is 0.315 e. The second kappa shape index (κ2) is 4.66. The summed E-state index contributed by atoms with van der Waals surface area (Å²) in [6.07, 6.45) is 4.57. The highest BCUT2D eigenvalue weighted by atomic mass is 32.2. The van der Waals surface area contributed by atoms with Crippen molar-refractivity contribution in [3.63, 3.8) is 0 Å². The van der Waals surface area contributed by atoms with Crippen molar-refractivity contribution in [2.75, 3.05) is 13.1 Å². The number of hydrogen-bond donors (Lipinski definition) is 1. The third-order valence-corrected chi connectivity index (χ3v) is 4.18. The zero-order valence-corrected chi connectivity index (χ0v) is 8.80. The number of aromatic nitrogens is 1. The smallest absolute Gasteiger partial charge is 0.0504 e. The van der Waals surface area contributed by atoms with Gasteiger partial charge in [-0.15, -0.1) is 0 Å². The fourth-order valence-corrected chi connectivity index (χ4v) is 3.04. The van der Waals surface area contributed by atoms with Gasteiger partial charge in [0, 0.05) is 35.0 Å². The van der Waals surface area contributed by atoms with Crippen LogP contribution in [0, 0.1) is 0 Å². The molecule has 1 saturated heterocycles. The van der Waals surface area contributed by atoms with Crippen LogP contribution in [-0.4, -0.2) is 27.5 Å². The van der Waals surface area contributed by atoms with Crippen LogP contribution in [0.1, 0.15) is 12.0 Å². The minimum Gasteiger partial charge on any atom is -0.315 e. The molecule has 1 aliphatic rings. The molecular formula is C10H14N2OS. The number of nitrogens with zero attached hydrogens (tertiary/aromatic N) is 1. The molecule has 3 nitrogen and oxygen atoms in total. The highest BCUT2D eigenvalue weighted by molar-refractivity contribution is 7.84. The Morgan fingerprint density at radius 3 is 3.21 bits per heavy atom. The second-order valence-electron chi connectivity index (χ2n) is 3.50. The van der Waals surface area contributed by atoms with Crippen LogP contribution in [0.2, 0.25) is 0 Å². The summed E-state index contributed by atoms with van der Waals surface area (Å²) in [6, 6.07) is 3.87. The summed E-state index contributed by atoms with van der Waals surface area (Å²) in [5, 5.41) is 3.56. The summed E-state index contributed by atoms with van der Waals surface area (Å²) in [5.74, 6) is 0.639. The van der Waals surface area contributed by atoms with Crippen LogP contribution in [-0.2, 0) is 16.6 Å². The van der Waals surface area contributed by atoms with E-state index in [9.17, 15) is 4.21 Å². The topological polar surface area (TPSA) is 42.0 Å². The van der Waals surface area contributed by atoms with Crippen molar-refractivity contribution in [1.82, 2.24) is 10.3 Å². The van der Waals surface area contributed by atoms with Gasteiger partial charge in [-0.05, 0) is 24.6 Å². The standard InChI is InChI=1S/C10H14N2OS/c13-14(10-3-5-12-7-10)8-9-2-1-4-11-6-9/h1-2,4,6,10,12H,3,5,7-8H2/t10-,14+/m0/s1. The van der Waals surface area contributed by atoms with Crippen LogP contribution in [0.15, 0.2) is 24.5 Å². The Hall–Kier alpha value is -0.740. The maximum absolute atomic E-state index is 11.9. The summed E-state index contributed by atoms with van der Waals surface area (Å²) in [5.41, 5.74) is 1.07. The van der Waals surface area contributed by atoms with Gasteiger partial charge >= 0.3 is 0 Å². The Labute approximate surface area is 86.4 Å². The molecule has 1 aromatic rings. The van der Waals surface area contributed by atoms with Crippen LogP contribution in [0.5, 0.6) is 0 Å². The van der Waals surface area contributed by atoms with E-state index in [1.807, 2.05) is 12.1 Å². The third kappa shape index (κ3) is 2.39. The zero-order valence-electron chi connectivity index (χ0n) is 7.98. The lowest BCUT2D eigenvalue weighted by Gasteiger charge is -2.07. The fourth-order valence-electron chi connectivity index (χ4n) is 1.62. The average Bonchev–Trinajstić information content (AvgIpc) is 2.72. The molecule has 76 valence electrons. The van der Waals surface area contributed by atoms with E-state index in [0.717, 1.165) is 25.1 Å². The van der Waals surface area contributed by atoms with Gasteiger partial charge in [0.1, 0.15) is 0 Å². The summed E-state index contributed by atoms with van der Waals surface area (Å²) in [4.78, 5) is 4.01. The van der Waals surface area contributed by atoms with Crippen LogP contribution in [0.3, 0.4) is 0 Å². The molecule has 0 aromatic carbocycles. The highest BCUT2D eigenvalue weighted by Gasteiger charge is 2.20. The van der Waals surface area contributed by atoms with Crippen molar-refractivity contribution < 1.29 is 4.21 Å². The minimum atomic E-state index is -0.749. The van der Waals surface area contributed by atoms with E-state index in [2.05, 4.69) is 10.3 Å². The molecule has 0 aliphatic carbocycles. The van der Waals surface area contributed by atoms with Crippen LogP contribution >= 0.6 is 0 Å². The van der Waals surface area contributed by atoms with E-state index in [0.29, 0.717) is 11.0 Å². The molecule has 0 bridgehead atoms. The lowest BCUT2D eigenvalue weighted by Crippen LogP contribution is -2.19. The minimum absolute atomic E-state index is 0.329. The van der Waals surface area contributed by atoms with Crippen molar-refractivity contribution in [3.05, 3.63) is 30.1 Å². The lowest BCUT2D eigenvalue weighted by atomic mass is 10.3. The Morgan fingerprint density at radius 1 is 1.64 bits per heavy atom. The van der Waals surface area contributed by atoms with Gasteiger partial charge in [-0.1, -0.05) is 6.07 Å². The monoisotopic (exact) mass is 210 g/mol. The Kier molecular flexibility index (Phi) is 3.26. The maximum Gasteiger partial charge on any atom is 0.0504 e. The van der Waals surface area contributed by atoms with E-state index >= 15 is 0 Å². The van der Waals surface area contributed by atoms with Crippen molar-refractivity contribution in [3.8, 4) is 0 Å². The van der Waals surface area contributed by atoms with Crippen molar-refractivity contribution in [2.45, 2.75) is 17.4 Å². The quantitative estimate of drug-likeness (QED) is 0.798. The van der Waals surface area contributed by atoms with Gasteiger partial charge in [0.05, 0.1) is 5.75 Å². The lowest BCUT2D eigenvalue weighted by molar-refractivity contribution is 0.672. The van der Waals surface area contributed by atoms with Gasteiger partial charge in [-0.3, -0.25) is 9.19 Å². The maximum atomic E-state index is 11.9. The predicted octanol–water partition coefficient (Wildman–Crippen LogP) is 0.692. The van der Waals surface area contributed by atoms with E-state index in [1.54, 1.807) is 12.4 Å². The zero-order chi connectivity index (χ0) is 9.80. The van der Waals surface area contributed by atoms with Gasteiger partial charge in [0.15, 0.2) is 0 Å². The van der Waals surface area contributed by atoms with Crippen LogP contribution in [0.25, 0.3) is 0 Å². The van der Waals surface area contributed by atoms with Gasteiger partial charge < -0.3 is 5.32 Å². The number of rotatable bonds is 3. The number of hydrogen-bond acceptors (Lipinski definition) is 3. The Bertz CT molecular complexity index is 309. The molecule has 1 aromatic heterocycles. The predicted molar refractivity (Wildman–Crippen MR) is 57.4 cm³/mol. The molecule has 2 atom stereocenters. The highest BCUT2D eigenvalue weighted by Crippen LogP contribution is 2.11. The molecule has 4 heteroatoms. The second-order valence-corrected chi connectivity index (χ2v) is 5.22. The van der Waals surface area contributed by atoms with Crippen LogP contribution < -0.4 is 5.32 Å². The fraction of sp³-hybridized carbons (Fsp3) is 0.500. The summed E-state index contributed by atoms with van der Waals surface area (Å²) in [6.45, 7) is 1.90. The van der Waals surface area contributed by atoms with Crippen molar-refractivity contribution in [2.24, 2.45) is 0 Å². The van der Waals surface area contributed by atoms with Crippen LogP contribution in [0.4, 0.5) is 0 Å². The van der Waals surface area contributed by atoms with Gasteiger partial charge in [-0.25, -0.2) is 0 Å². The molecule has 2 rings (SSSR count). The first kappa shape index (κ1) is 9.80. The van der Waals surface area contributed by atoms with E-state index in [1.165, 1.54) is 0 Å². The number of nitrogens with one attached hydrogen (secondary N) is 1. The SMILES string of the molecule is O=[S@](Cc1cccnc1)[C@H]1CCNC1. The summed E-state index contributed by atoms with van der Waals surface area (Å²) in [7, 11) is -0.749. The van der Waals surface area contributed by atoms with Gasteiger partial charge in [-0.2, -0.15) is 0 Å². The normalized spacial score (nSPS) is 23.6. The molecule has 2 heterocycles. The van der Waals surface area contributed by atoms with E-state index in [4.69, 9.17) is 0 Å². The molecule has 1 N–H and O–H groups in total. The van der Waals surface area contributed by atoms with Crippen molar-refractivity contribution >= 4 is 10.8 Å². The molecule has 1 fully saturated rings. The molecule has 1 aliphatic heterocycles. The first-order valence-electron chi connectivity index (χ1n) is 4.83. The molecule has 14 heavy (non-hydrogen) atoms. The molecule has 0 unspecified atom stereocenters. The van der Waals surface area contributed by atoms with E-state index < -0.39 is 10.8 Å². The van der Waals surface area contributed by atoms with E-state index in [-0.39, 0.29) is 0 Å². The molecule has 0 spiro atoms. The molecule has 0 saturated carbocycles. The molecule has 0 amide bonds.